The van der Waals surface area contributed by atoms with E-state index in [2.05, 4.69) is 27.3 Å². The summed E-state index contributed by atoms with van der Waals surface area (Å²) in [6.45, 7) is 4.17. The summed E-state index contributed by atoms with van der Waals surface area (Å²) in [5.41, 5.74) is 2.14. The van der Waals surface area contributed by atoms with Gasteiger partial charge in [-0.05, 0) is 56.5 Å². The van der Waals surface area contributed by atoms with Gasteiger partial charge in [-0.1, -0.05) is 15.9 Å². The number of rotatable bonds is 2. The van der Waals surface area contributed by atoms with Crippen molar-refractivity contribution in [1.82, 2.24) is 5.32 Å². The van der Waals surface area contributed by atoms with Crippen LogP contribution >= 0.6 is 15.9 Å². The molecule has 1 heterocycles. The van der Waals surface area contributed by atoms with Crippen LogP contribution in [0.25, 0.3) is 0 Å². The van der Waals surface area contributed by atoms with Crippen molar-refractivity contribution >= 4 is 15.9 Å². The van der Waals surface area contributed by atoms with E-state index in [0.29, 0.717) is 11.7 Å². The summed E-state index contributed by atoms with van der Waals surface area (Å²) >= 11 is 3.52. The standard InChI is InChI=1S/C12H16BrNO/c1-8-4-11(13)10(12(15)5-8)6-9-2-3-14-7-9/h4-5,9,14-15H,2-3,6-7H2,1H3. The van der Waals surface area contributed by atoms with Crippen LogP contribution in [0.5, 0.6) is 5.75 Å². The molecule has 0 spiro atoms. The predicted octanol–water partition coefficient (Wildman–Crippen LogP) is 2.62. The number of aryl methyl sites for hydroxylation is 1. The fourth-order valence-corrected chi connectivity index (χ4v) is 2.86. The minimum atomic E-state index is 0.425. The summed E-state index contributed by atoms with van der Waals surface area (Å²) in [5, 5.41) is 13.2. The Labute approximate surface area is 98.8 Å². The average Bonchev–Trinajstić information content (AvgIpc) is 2.63. The van der Waals surface area contributed by atoms with Crippen molar-refractivity contribution in [1.29, 1.82) is 0 Å². The van der Waals surface area contributed by atoms with Crippen molar-refractivity contribution in [3.8, 4) is 5.75 Å². The molecule has 0 bridgehead atoms. The molecule has 1 fully saturated rings. The molecule has 1 aliphatic heterocycles. The third kappa shape index (κ3) is 2.52. The highest BCUT2D eigenvalue weighted by atomic mass is 79.9. The van der Waals surface area contributed by atoms with Gasteiger partial charge in [-0.25, -0.2) is 0 Å². The number of nitrogens with one attached hydrogen (secondary N) is 1. The first kappa shape index (κ1) is 11.0. The van der Waals surface area contributed by atoms with Crippen molar-refractivity contribution in [3.63, 3.8) is 0 Å². The van der Waals surface area contributed by atoms with E-state index in [9.17, 15) is 5.11 Å². The molecule has 2 rings (SSSR count). The van der Waals surface area contributed by atoms with Gasteiger partial charge in [0.15, 0.2) is 0 Å². The fourth-order valence-electron chi connectivity index (χ4n) is 2.13. The minimum absolute atomic E-state index is 0.425. The number of hydrogen-bond donors (Lipinski definition) is 2. The van der Waals surface area contributed by atoms with Gasteiger partial charge in [0.2, 0.25) is 0 Å². The number of aromatic hydroxyl groups is 1. The Hall–Kier alpha value is -0.540. The van der Waals surface area contributed by atoms with E-state index >= 15 is 0 Å². The van der Waals surface area contributed by atoms with Crippen LogP contribution in [-0.2, 0) is 6.42 Å². The zero-order chi connectivity index (χ0) is 10.8. The molecule has 0 aliphatic carbocycles. The van der Waals surface area contributed by atoms with Gasteiger partial charge in [-0.3, -0.25) is 0 Å². The van der Waals surface area contributed by atoms with Gasteiger partial charge in [-0.15, -0.1) is 0 Å². The molecule has 1 aliphatic rings. The highest BCUT2D eigenvalue weighted by Crippen LogP contribution is 2.31. The summed E-state index contributed by atoms with van der Waals surface area (Å²) in [6, 6.07) is 3.90. The van der Waals surface area contributed by atoms with E-state index in [-0.39, 0.29) is 0 Å². The Morgan fingerprint density at radius 3 is 2.93 bits per heavy atom. The number of hydrogen-bond acceptors (Lipinski definition) is 2. The Bertz CT molecular complexity index is 336. The van der Waals surface area contributed by atoms with Gasteiger partial charge >= 0.3 is 0 Å². The van der Waals surface area contributed by atoms with Crippen molar-refractivity contribution in [2.24, 2.45) is 5.92 Å². The third-order valence-electron chi connectivity index (χ3n) is 2.97. The van der Waals surface area contributed by atoms with Crippen LogP contribution in [-0.4, -0.2) is 18.2 Å². The molecule has 1 atom stereocenters. The van der Waals surface area contributed by atoms with E-state index in [4.69, 9.17) is 0 Å². The van der Waals surface area contributed by atoms with Crippen LogP contribution in [0.2, 0.25) is 0 Å². The molecule has 1 unspecified atom stereocenters. The van der Waals surface area contributed by atoms with Gasteiger partial charge in [0.25, 0.3) is 0 Å². The first-order valence-corrected chi connectivity index (χ1v) is 6.15. The van der Waals surface area contributed by atoms with Crippen LogP contribution < -0.4 is 5.32 Å². The van der Waals surface area contributed by atoms with Crippen LogP contribution in [0.4, 0.5) is 0 Å². The third-order valence-corrected chi connectivity index (χ3v) is 3.68. The second-order valence-electron chi connectivity index (χ2n) is 4.31. The summed E-state index contributed by atoms with van der Waals surface area (Å²) < 4.78 is 1.03. The maximum Gasteiger partial charge on any atom is 0.120 e. The summed E-state index contributed by atoms with van der Waals surface area (Å²) in [6.07, 6.45) is 2.17. The molecule has 1 aromatic carbocycles. The second kappa shape index (κ2) is 4.54. The normalized spacial score (nSPS) is 20.8. The van der Waals surface area contributed by atoms with E-state index in [1.54, 1.807) is 0 Å². The topological polar surface area (TPSA) is 32.3 Å². The molecule has 1 saturated heterocycles. The molecular weight excluding hydrogens is 254 g/mol. The lowest BCUT2D eigenvalue weighted by molar-refractivity contribution is 0.458. The van der Waals surface area contributed by atoms with Gasteiger partial charge in [0, 0.05) is 10.0 Å². The molecule has 3 heteroatoms. The second-order valence-corrected chi connectivity index (χ2v) is 5.16. The van der Waals surface area contributed by atoms with Crippen molar-refractivity contribution in [2.75, 3.05) is 13.1 Å². The van der Waals surface area contributed by atoms with Crippen molar-refractivity contribution < 1.29 is 5.11 Å². The maximum atomic E-state index is 9.88. The Morgan fingerprint density at radius 2 is 2.33 bits per heavy atom. The first-order valence-electron chi connectivity index (χ1n) is 5.35. The van der Waals surface area contributed by atoms with Gasteiger partial charge in [0.1, 0.15) is 5.75 Å². The fraction of sp³-hybridized carbons (Fsp3) is 0.500. The summed E-state index contributed by atoms with van der Waals surface area (Å²) in [5.74, 6) is 1.09. The molecular formula is C12H16BrNO. The number of halogens is 1. The van der Waals surface area contributed by atoms with E-state index < -0.39 is 0 Å². The quantitative estimate of drug-likeness (QED) is 0.865. The van der Waals surface area contributed by atoms with Gasteiger partial charge in [0.05, 0.1) is 0 Å². The Morgan fingerprint density at radius 1 is 1.53 bits per heavy atom. The average molecular weight is 270 g/mol. The molecule has 15 heavy (non-hydrogen) atoms. The number of phenols is 1. The first-order chi connectivity index (χ1) is 7.16. The predicted molar refractivity (Wildman–Crippen MR) is 65.2 cm³/mol. The van der Waals surface area contributed by atoms with Gasteiger partial charge < -0.3 is 10.4 Å². The maximum absolute atomic E-state index is 9.88. The van der Waals surface area contributed by atoms with Crippen LogP contribution in [0, 0.1) is 12.8 Å². The summed E-state index contributed by atoms with van der Waals surface area (Å²) in [7, 11) is 0. The molecule has 82 valence electrons. The van der Waals surface area contributed by atoms with Crippen LogP contribution in [0.1, 0.15) is 17.5 Å². The van der Waals surface area contributed by atoms with Crippen molar-refractivity contribution in [3.05, 3.63) is 27.7 Å². The van der Waals surface area contributed by atoms with Crippen molar-refractivity contribution in [2.45, 2.75) is 19.8 Å². The molecule has 0 amide bonds. The molecule has 0 saturated carbocycles. The molecule has 2 N–H and O–H groups in total. The van der Waals surface area contributed by atoms with Gasteiger partial charge in [-0.2, -0.15) is 0 Å². The smallest absolute Gasteiger partial charge is 0.120 e. The zero-order valence-corrected chi connectivity index (χ0v) is 10.5. The largest absolute Gasteiger partial charge is 0.508 e. The number of phenolic OH excluding ortho intramolecular Hbond substituents is 1. The molecule has 0 radical (unpaired) electrons. The van der Waals surface area contributed by atoms with Crippen LogP contribution in [0.3, 0.4) is 0 Å². The molecule has 1 aromatic rings. The minimum Gasteiger partial charge on any atom is -0.508 e. The zero-order valence-electron chi connectivity index (χ0n) is 8.89. The highest BCUT2D eigenvalue weighted by molar-refractivity contribution is 9.10. The molecule has 2 nitrogen and oxygen atoms in total. The highest BCUT2D eigenvalue weighted by Gasteiger charge is 2.18. The van der Waals surface area contributed by atoms with Crippen LogP contribution in [0.15, 0.2) is 16.6 Å². The van der Waals surface area contributed by atoms with E-state index in [1.165, 1.54) is 6.42 Å². The summed E-state index contributed by atoms with van der Waals surface area (Å²) in [4.78, 5) is 0. The molecule has 0 aromatic heterocycles. The lowest BCUT2D eigenvalue weighted by atomic mass is 9.97. The SMILES string of the molecule is Cc1cc(O)c(CC2CCNC2)c(Br)c1. The Balaban J connectivity index is 2.19. The monoisotopic (exact) mass is 269 g/mol. The Kier molecular flexibility index (Phi) is 3.32. The number of benzene rings is 1. The van der Waals surface area contributed by atoms with E-state index in [0.717, 1.165) is 35.1 Å². The lowest BCUT2D eigenvalue weighted by Crippen LogP contribution is -2.11. The lowest BCUT2D eigenvalue weighted by Gasteiger charge is -2.12. The van der Waals surface area contributed by atoms with E-state index in [1.807, 2.05) is 13.0 Å².